The van der Waals surface area contributed by atoms with Gasteiger partial charge in [-0.2, -0.15) is 5.10 Å². The smallest absolute Gasteiger partial charge is 0.255 e. The predicted octanol–water partition coefficient (Wildman–Crippen LogP) is 4.48. The molecule has 0 N–H and O–H groups in total. The molecule has 0 radical (unpaired) electrons. The Morgan fingerprint density at radius 2 is 2.12 bits per heavy atom. The highest BCUT2D eigenvalue weighted by atomic mass is 32.2. The number of carbonyl (C=O) groups is 1. The van der Waals surface area contributed by atoms with Gasteiger partial charge in [0.2, 0.25) is 0 Å². The molecule has 0 aromatic carbocycles. The molecule has 1 aliphatic rings. The second-order valence-electron chi connectivity index (χ2n) is 8.79. The number of aryl methyl sites for hydroxylation is 1. The number of pyridine rings is 1. The van der Waals surface area contributed by atoms with E-state index in [0.29, 0.717) is 29.6 Å². The minimum Gasteiger partial charge on any atom is -0.335 e. The quantitative estimate of drug-likeness (QED) is 0.504. The lowest BCUT2D eigenvalue weighted by Gasteiger charge is -2.28. The van der Waals surface area contributed by atoms with Crippen molar-refractivity contribution < 1.29 is 13.2 Å². The Morgan fingerprint density at radius 3 is 2.72 bits per heavy atom. The van der Waals surface area contributed by atoms with E-state index in [1.54, 1.807) is 22.4 Å². The monoisotopic (exact) mass is 474 g/mol. The number of aromatic nitrogens is 3. The zero-order valence-corrected chi connectivity index (χ0v) is 20.7. The average molecular weight is 475 g/mol. The van der Waals surface area contributed by atoms with Crippen LogP contribution in [0.1, 0.15) is 61.3 Å². The normalized spacial score (nSPS) is 18.0. The number of hydrogen-bond acceptors (Lipinski definition) is 6. The van der Waals surface area contributed by atoms with Gasteiger partial charge in [-0.15, -0.1) is 11.3 Å². The van der Waals surface area contributed by atoms with Crippen LogP contribution >= 0.6 is 11.3 Å². The number of sulfone groups is 1. The third-order valence-electron chi connectivity index (χ3n) is 5.94. The van der Waals surface area contributed by atoms with Crippen molar-refractivity contribution in [3.05, 3.63) is 34.8 Å². The van der Waals surface area contributed by atoms with Gasteiger partial charge in [0.1, 0.15) is 0 Å². The predicted molar refractivity (Wildman–Crippen MR) is 129 cm³/mol. The maximum Gasteiger partial charge on any atom is 0.255 e. The fourth-order valence-electron chi connectivity index (χ4n) is 4.23. The molecule has 7 nitrogen and oxygen atoms in total. The summed E-state index contributed by atoms with van der Waals surface area (Å²) in [6.45, 7) is 8.74. The minimum absolute atomic E-state index is 0.0406. The van der Waals surface area contributed by atoms with Gasteiger partial charge >= 0.3 is 0 Å². The number of hydrogen-bond donors (Lipinski definition) is 0. The van der Waals surface area contributed by atoms with Gasteiger partial charge < -0.3 is 4.90 Å². The summed E-state index contributed by atoms with van der Waals surface area (Å²) in [5.74, 6) is 0.0502. The van der Waals surface area contributed by atoms with Gasteiger partial charge in [0.05, 0.1) is 39.2 Å². The highest BCUT2D eigenvalue weighted by Crippen LogP contribution is 2.32. The summed E-state index contributed by atoms with van der Waals surface area (Å²) >= 11 is 1.64. The third kappa shape index (κ3) is 4.45. The number of unbranched alkanes of at least 4 members (excludes halogenated alkanes) is 1. The van der Waals surface area contributed by atoms with E-state index < -0.39 is 9.84 Å². The number of fused-ring (bicyclic) bond motifs is 1. The highest BCUT2D eigenvalue weighted by molar-refractivity contribution is 7.91. The van der Waals surface area contributed by atoms with Crippen molar-refractivity contribution in [2.75, 3.05) is 18.1 Å². The molecule has 3 aromatic rings. The topological polar surface area (TPSA) is 85.2 Å². The first-order chi connectivity index (χ1) is 15.2. The van der Waals surface area contributed by atoms with Crippen LogP contribution in [0.4, 0.5) is 0 Å². The van der Waals surface area contributed by atoms with E-state index in [1.165, 1.54) is 4.88 Å². The van der Waals surface area contributed by atoms with E-state index in [0.717, 1.165) is 23.4 Å². The molecule has 1 atom stereocenters. The number of amides is 1. The molecule has 0 aliphatic carbocycles. The summed E-state index contributed by atoms with van der Waals surface area (Å²) < 4.78 is 26.1. The number of thiophene rings is 1. The fourth-order valence-corrected chi connectivity index (χ4v) is 6.78. The van der Waals surface area contributed by atoms with Gasteiger partial charge in [0.25, 0.3) is 5.91 Å². The molecular weight excluding hydrogens is 444 g/mol. The summed E-state index contributed by atoms with van der Waals surface area (Å²) in [6, 6.07) is 5.74. The Bertz CT molecular complexity index is 1240. The van der Waals surface area contributed by atoms with Crippen molar-refractivity contribution >= 4 is 38.1 Å². The summed E-state index contributed by atoms with van der Waals surface area (Å²) in [5, 5.41) is 5.22. The molecule has 4 rings (SSSR count). The van der Waals surface area contributed by atoms with E-state index in [1.807, 2.05) is 43.7 Å². The highest BCUT2D eigenvalue weighted by Gasteiger charge is 2.35. The van der Waals surface area contributed by atoms with E-state index in [-0.39, 0.29) is 29.5 Å². The van der Waals surface area contributed by atoms with Crippen molar-refractivity contribution in [2.45, 2.75) is 59.0 Å². The molecule has 32 heavy (non-hydrogen) atoms. The van der Waals surface area contributed by atoms with E-state index in [4.69, 9.17) is 4.98 Å². The van der Waals surface area contributed by atoms with Crippen LogP contribution in [-0.4, -0.2) is 58.1 Å². The lowest BCUT2D eigenvalue weighted by Crippen LogP contribution is -2.41. The third-order valence-corrected chi connectivity index (χ3v) is 8.72. The van der Waals surface area contributed by atoms with Crippen LogP contribution in [0.15, 0.2) is 24.4 Å². The molecule has 9 heteroatoms. The molecule has 0 saturated carbocycles. The molecule has 1 unspecified atom stereocenters. The lowest BCUT2D eigenvalue weighted by molar-refractivity contribution is 0.0696. The lowest BCUT2D eigenvalue weighted by atomic mass is 10.1. The van der Waals surface area contributed by atoms with Gasteiger partial charge in [-0.25, -0.2) is 18.1 Å². The van der Waals surface area contributed by atoms with E-state index >= 15 is 0 Å². The van der Waals surface area contributed by atoms with Crippen LogP contribution in [-0.2, 0) is 9.84 Å². The van der Waals surface area contributed by atoms with Crippen molar-refractivity contribution in [3.63, 3.8) is 0 Å². The van der Waals surface area contributed by atoms with Crippen LogP contribution in [0.3, 0.4) is 0 Å². The number of carbonyl (C=O) groups excluding carboxylic acids is 1. The first kappa shape index (κ1) is 22.9. The van der Waals surface area contributed by atoms with Gasteiger partial charge in [-0.1, -0.05) is 13.3 Å². The standard InChI is InChI=1S/C23H30N4O3S2/c1-5-6-10-26(17-9-11-32(29,30)14-17)23(28)18-12-20(21-8-7-16(4)31-21)25-22-19(18)13-24-27(22)15(2)3/h7-8,12-13,15,17H,5-6,9-11,14H2,1-4H3. The summed E-state index contributed by atoms with van der Waals surface area (Å²) in [7, 11) is -3.10. The Balaban J connectivity index is 1.84. The second kappa shape index (κ2) is 8.94. The van der Waals surface area contributed by atoms with Crippen molar-refractivity contribution in [3.8, 4) is 10.6 Å². The molecule has 1 aliphatic heterocycles. The SMILES string of the molecule is CCCCN(C(=O)c1cc(-c2ccc(C)s2)nc2c1cnn2C(C)C)C1CCS(=O)(=O)C1. The molecule has 172 valence electrons. The molecule has 0 spiro atoms. The van der Waals surface area contributed by atoms with Crippen LogP contribution < -0.4 is 0 Å². The van der Waals surface area contributed by atoms with Crippen molar-refractivity contribution in [1.82, 2.24) is 19.7 Å². The Hall–Kier alpha value is -2.26. The maximum atomic E-state index is 13.9. The van der Waals surface area contributed by atoms with E-state index in [9.17, 15) is 13.2 Å². The largest absolute Gasteiger partial charge is 0.335 e. The van der Waals surface area contributed by atoms with Gasteiger partial charge in [0.15, 0.2) is 15.5 Å². The molecule has 1 amide bonds. The molecule has 1 fully saturated rings. The van der Waals surface area contributed by atoms with Crippen LogP contribution in [0.5, 0.6) is 0 Å². The first-order valence-corrected chi connectivity index (χ1v) is 13.8. The fraction of sp³-hybridized carbons (Fsp3) is 0.522. The van der Waals surface area contributed by atoms with Crippen LogP contribution in [0, 0.1) is 6.92 Å². The summed E-state index contributed by atoms with van der Waals surface area (Å²) in [4.78, 5) is 22.7. The van der Waals surface area contributed by atoms with E-state index in [2.05, 4.69) is 12.0 Å². The number of rotatable bonds is 7. The molecule has 4 heterocycles. The Kier molecular flexibility index (Phi) is 6.40. The van der Waals surface area contributed by atoms with Crippen LogP contribution in [0.2, 0.25) is 0 Å². The van der Waals surface area contributed by atoms with Crippen LogP contribution in [0.25, 0.3) is 21.6 Å². The molecular formula is C23H30N4O3S2. The summed E-state index contributed by atoms with van der Waals surface area (Å²) in [6.07, 6.45) is 3.97. The average Bonchev–Trinajstić information content (AvgIpc) is 3.45. The van der Waals surface area contributed by atoms with Gasteiger partial charge in [-0.3, -0.25) is 4.79 Å². The second-order valence-corrected chi connectivity index (χ2v) is 12.3. The molecule has 3 aromatic heterocycles. The zero-order valence-electron chi connectivity index (χ0n) is 19.0. The molecule has 0 bridgehead atoms. The zero-order chi connectivity index (χ0) is 23.0. The van der Waals surface area contributed by atoms with Gasteiger partial charge in [0, 0.05) is 23.5 Å². The minimum atomic E-state index is -3.10. The van der Waals surface area contributed by atoms with Crippen molar-refractivity contribution in [1.29, 1.82) is 0 Å². The first-order valence-electron chi connectivity index (χ1n) is 11.2. The van der Waals surface area contributed by atoms with Crippen molar-refractivity contribution in [2.24, 2.45) is 0 Å². The Morgan fingerprint density at radius 1 is 1.34 bits per heavy atom. The summed E-state index contributed by atoms with van der Waals surface area (Å²) in [5.41, 5.74) is 1.97. The maximum absolute atomic E-state index is 13.9. The van der Waals surface area contributed by atoms with Gasteiger partial charge in [-0.05, 0) is 51.8 Å². The Labute approximate surface area is 193 Å². The number of nitrogens with zero attached hydrogens (tertiary/aromatic N) is 4. The molecule has 1 saturated heterocycles.